The van der Waals surface area contributed by atoms with Crippen LogP contribution in [0.25, 0.3) is 0 Å². The summed E-state index contributed by atoms with van der Waals surface area (Å²) < 4.78 is 22.8. The lowest BCUT2D eigenvalue weighted by molar-refractivity contribution is -0.450. The first-order valence-electron chi connectivity index (χ1n) is 12.4. The number of ether oxygens (including phenoxy) is 4. The Morgan fingerprint density at radius 1 is 1.18 bits per heavy atom. The Morgan fingerprint density at radius 3 is 2.56 bits per heavy atom. The standard InChI is InChI=1S/C25H36O9/c1-13(26)32-11-22(3)8-7-18(34-14(2)27)23-12-33-25(30,21(29)19(22)23)24-9-15(5-6-17(23)24)16(10-31-4)20(24)28/h15-19,21,29-30H,5-12H2,1-4H3/t15-,16+,17+,18+,19-,21+,22+,23-,24+,25+/m1/s1. The number of esters is 2. The third kappa shape index (κ3) is 2.78. The molecule has 4 aliphatic carbocycles. The summed E-state index contributed by atoms with van der Waals surface area (Å²) in [6, 6.07) is 0. The Hall–Kier alpha value is -1.55. The maximum Gasteiger partial charge on any atom is 0.302 e. The zero-order valence-electron chi connectivity index (χ0n) is 20.4. The fraction of sp³-hybridized carbons (Fsp3) is 0.880. The number of hydrogen-bond acceptors (Lipinski definition) is 9. The van der Waals surface area contributed by atoms with E-state index in [9.17, 15) is 24.6 Å². The predicted octanol–water partition coefficient (Wildman–Crippen LogP) is 1.23. The second-order valence-corrected chi connectivity index (χ2v) is 11.6. The zero-order chi connectivity index (χ0) is 24.7. The number of carbonyl (C=O) groups excluding carboxylic acids is 3. The number of methoxy groups -OCH3 is 1. The van der Waals surface area contributed by atoms with E-state index < -0.39 is 52.1 Å². The van der Waals surface area contributed by atoms with Gasteiger partial charge in [0.25, 0.3) is 0 Å². The molecule has 2 spiro atoms. The summed E-state index contributed by atoms with van der Waals surface area (Å²) in [7, 11) is 1.56. The smallest absolute Gasteiger partial charge is 0.302 e. The SMILES string of the molecule is COC[C@@H]1C(=O)[C@]23C[C@H]1CC[C@H]2[C@@]12CO[C@@]3(O)[C@@H](O)[C@@H]1[C@](C)(COC(C)=O)CC[C@@H]2OC(C)=O. The van der Waals surface area contributed by atoms with Crippen LogP contribution in [0.15, 0.2) is 0 Å². The molecule has 2 N–H and O–H groups in total. The van der Waals surface area contributed by atoms with E-state index in [1.54, 1.807) is 7.11 Å². The molecule has 2 aliphatic heterocycles. The van der Waals surface area contributed by atoms with E-state index in [4.69, 9.17) is 18.9 Å². The van der Waals surface area contributed by atoms with Crippen LogP contribution in [0.3, 0.4) is 0 Å². The third-order valence-electron chi connectivity index (χ3n) is 10.1. The maximum absolute atomic E-state index is 14.0. The quantitative estimate of drug-likeness (QED) is 0.558. The van der Waals surface area contributed by atoms with Crippen molar-refractivity contribution in [2.75, 3.05) is 26.9 Å². The number of fused-ring (bicyclic) bond motifs is 2. The fourth-order valence-electron chi connectivity index (χ4n) is 9.01. The van der Waals surface area contributed by atoms with Crippen LogP contribution in [0.1, 0.15) is 52.9 Å². The normalized spacial score (nSPS) is 50.9. The Labute approximate surface area is 199 Å². The van der Waals surface area contributed by atoms with Gasteiger partial charge in [0.15, 0.2) is 0 Å². The van der Waals surface area contributed by atoms with Crippen molar-refractivity contribution in [3.05, 3.63) is 0 Å². The Morgan fingerprint density at radius 2 is 1.91 bits per heavy atom. The van der Waals surface area contributed by atoms with E-state index in [0.29, 0.717) is 25.7 Å². The van der Waals surface area contributed by atoms with Crippen molar-refractivity contribution in [3.63, 3.8) is 0 Å². The van der Waals surface area contributed by atoms with Crippen molar-refractivity contribution >= 4 is 17.7 Å². The second-order valence-electron chi connectivity index (χ2n) is 11.6. The first kappa shape index (κ1) is 24.2. The van der Waals surface area contributed by atoms with Gasteiger partial charge in [-0.2, -0.15) is 0 Å². The summed E-state index contributed by atoms with van der Waals surface area (Å²) in [6.45, 7) is 5.04. The highest BCUT2D eigenvalue weighted by Crippen LogP contribution is 2.77. The van der Waals surface area contributed by atoms with Gasteiger partial charge < -0.3 is 29.2 Å². The van der Waals surface area contributed by atoms with Crippen molar-refractivity contribution in [1.29, 1.82) is 0 Å². The molecule has 4 saturated carbocycles. The van der Waals surface area contributed by atoms with E-state index in [0.717, 1.165) is 6.42 Å². The lowest BCUT2D eigenvalue weighted by Gasteiger charge is -2.74. The molecule has 0 amide bonds. The minimum absolute atomic E-state index is 0.0425. The van der Waals surface area contributed by atoms with Crippen molar-refractivity contribution in [2.45, 2.75) is 70.9 Å². The zero-order valence-corrected chi connectivity index (χ0v) is 20.4. The van der Waals surface area contributed by atoms with Gasteiger partial charge in [0, 0.05) is 43.6 Å². The average Bonchev–Trinajstić information content (AvgIpc) is 2.98. The van der Waals surface area contributed by atoms with Crippen LogP contribution in [-0.4, -0.2) is 72.9 Å². The molecule has 6 aliphatic rings. The molecule has 10 atom stereocenters. The molecule has 4 bridgehead atoms. The monoisotopic (exact) mass is 480 g/mol. The summed E-state index contributed by atoms with van der Waals surface area (Å²) in [6.07, 6.45) is 0.912. The van der Waals surface area contributed by atoms with Gasteiger partial charge in [0.05, 0.1) is 25.2 Å². The molecule has 0 radical (unpaired) electrons. The Kier molecular flexibility index (Phi) is 5.49. The first-order chi connectivity index (χ1) is 16.0. The summed E-state index contributed by atoms with van der Waals surface area (Å²) in [5.41, 5.74) is -2.86. The van der Waals surface area contributed by atoms with Gasteiger partial charge in [-0.25, -0.2) is 0 Å². The van der Waals surface area contributed by atoms with Crippen LogP contribution < -0.4 is 0 Å². The second kappa shape index (κ2) is 7.72. The van der Waals surface area contributed by atoms with Crippen LogP contribution in [0.2, 0.25) is 0 Å². The molecule has 0 aromatic rings. The average molecular weight is 481 g/mol. The minimum atomic E-state index is -2.06. The first-order valence-corrected chi connectivity index (χ1v) is 12.4. The number of ketones is 1. The minimum Gasteiger partial charge on any atom is -0.465 e. The topological polar surface area (TPSA) is 129 Å². The predicted molar refractivity (Wildman–Crippen MR) is 116 cm³/mol. The molecule has 34 heavy (non-hydrogen) atoms. The molecule has 2 saturated heterocycles. The number of aliphatic hydroxyl groups is 2. The highest BCUT2D eigenvalue weighted by atomic mass is 16.6. The van der Waals surface area contributed by atoms with E-state index >= 15 is 0 Å². The molecule has 190 valence electrons. The van der Waals surface area contributed by atoms with Gasteiger partial charge in [-0.05, 0) is 43.9 Å². The Balaban J connectivity index is 1.67. The summed E-state index contributed by atoms with van der Waals surface area (Å²) in [4.78, 5) is 37.9. The summed E-state index contributed by atoms with van der Waals surface area (Å²) >= 11 is 0. The Bertz CT molecular complexity index is 905. The van der Waals surface area contributed by atoms with Crippen molar-refractivity contribution in [3.8, 4) is 0 Å². The molecule has 0 aromatic heterocycles. The van der Waals surface area contributed by atoms with E-state index in [1.165, 1.54) is 13.8 Å². The molecule has 6 fully saturated rings. The lowest BCUT2D eigenvalue weighted by Crippen LogP contribution is -2.84. The van der Waals surface area contributed by atoms with Crippen LogP contribution in [-0.2, 0) is 33.3 Å². The number of rotatable bonds is 5. The van der Waals surface area contributed by atoms with Crippen LogP contribution in [0.5, 0.6) is 0 Å². The lowest BCUT2D eigenvalue weighted by atomic mass is 9.36. The summed E-state index contributed by atoms with van der Waals surface area (Å²) in [5, 5.41) is 23.9. The van der Waals surface area contributed by atoms with E-state index in [2.05, 4.69) is 0 Å². The summed E-state index contributed by atoms with van der Waals surface area (Å²) in [5.74, 6) is -4.27. The number of aliphatic hydroxyl groups excluding tert-OH is 1. The number of hydrogen-bond donors (Lipinski definition) is 2. The third-order valence-corrected chi connectivity index (χ3v) is 10.1. The van der Waals surface area contributed by atoms with Gasteiger partial charge in [-0.15, -0.1) is 0 Å². The maximum atomic E-state index is 14.0. The van der Waals surface area contributed by atoms with Crippen LogP contribution in [0.4, 0.5) is 0 Å². The molecule has 2 heterocycles. The fourth-order valence-corrected chi connectivity index (χ4v) is 9.01. The van der Waals surface area contributed by atoms with Gasteiger partial charge in [0.1, 0.15) is 18.0 Å². The highest BCUT2D eigenvalue weighted by molar-refractivity contribution is 5.92. The van der Waals surface area contributed by atoms with E-state index in [-0.39, 0.29) is 43.4 Å². The van der Waals surface area contributed by atoms with E-state index in [1.807, 2.05) is 6.92 Å². The molecule has 9 nitrogen and oxygen atoms in total. The van der Waals surface area contributed by atoms with Gasteiger partial charge in [0.2, 0.25) is 5.79 Å². The molecule has 0 unspecified atom stereocenters. The largest absolute Gasteiger partial charge is 0.465 e. The van der Waals surface area contributed by atoms with Gasteiger partial charge in [-0.1, -0.05) is 6.92 Å². The highest BCUT2D eigenvalue weighted by Gasteiger charge is 2.85. The molecule has 9 heteroatoms. The molecular formula is C25H36O9. The molecule has 6 rings (SSSR count). The van der Waals surface area contributed by atoms with Crippen molar-refractivity contribution in [2.24, 2.45) is 39.9 Å². The van der Waals surface area contributed by atoms with Crippen molar-refractivity contribution < 1.29 is 43.5 Å². The van der Waals surface area contributed by atoms with Crippen LogP contribution >= 0.6 is 0 Å². The molecule has 0 aromatic carbocycles. The molecular weight excluding hydrogens is 444 g/mol. The van der Waals surface area contributed by atoms with Crippen molar-refractivity contribution in [1.82, 2.24) is 0 Å². The number of Topliss-reactive ketones (excluding diaryl/α,β-unsaturated/α-hetero) is 1. The van der Waals surface area contributed by atoms with Gasteiger partial charge >= 0.3 is 11.9 Å². The van der Waals surface area contributed by atoms with Crippen LogP contribution in [0, 0.1) is 39.9 Å². The number of carbonyl (C=O) groups is 3. The van der Waals surface area contributed by atoms with Gasteiger partial charge in [-0.3, -0.25) is 14.4 Å².